The van der Waals surface area contributed by atoms with E-state index < -0.39 is 12.0 Å². The Bertz CT molecular complexity index is 1240. The Balaban J connectivity index is 1.39. The number of hydrogen-bond acceptors (Lipinski definition) is 5. The summed E-state index contributed by atoms with van der Waals surface area (Å²) < 4.78 is 10.2. The highest BCUT2D eigenvalue weighted by Gasteiger charge is 2.26. The van der Waals surface area contributed by atoms with Gasteiger partial charge in [-0.05, 0) is 73.0 Å². The number of carbonyl (C=O) groups is 3. The molecule has 0 saturated heterocycles. The molecule has 3 amide bonds. The lowest BCUT2D eigenvalue weighted by Crippen LogP contribution is -2.29. The minimum Gasteiger partial charge on any atom is -0.497 e. The van der Waals surface area contributed by atoms with Crippen molar-refractivity contribution in [3.05, 3.63) is 89.0 Å². The van der Waals surface area contributed by atoms with Gasteiger partial charge in [0, 0.05) is 30.0 Å². The summed E-state index contributed by atoms with van der Waals surface area (Å²) in [4.78, 5) is 39.2. The lowest BCUT2D eigenvalue weighted by Gasteiger charge is -2.18. The highest BCUT2D eigenvalue weighted by molar-refractivity contribution is 6.07. The Morgan fingerprint density at radius 1 is 0.971 bits per heavy atom. The smallest absolute Gasteiger partial charge is 0.338 e. The molecule has 3 aromatic rings. The van der Waals surface area contributed by atoms with Crippen LogP contribution in [0.3, 0.4) is 0 Å². The molecule has 35 heavy (non-hydrogen) atoms. The minimum absolute atomic E-state index is 0.0734. The normalized spacial score (nSPS) is 12.0. The second-order valence-electron chi connectivity index (χ2n) is 8.01. The summed E-state index contributed by atoms with van der Waals surface area (Å²) in [6.07, 6.45) is 0.780. The summed E-state index contributed by atoms with van der Waals surface area (Å²) in [6, 6.07) is 19.1. The fourth-order valence-electron chi connectivity index (χ4n) is 3.93. The third-order valence-corrected chi connectivity index (χ3v) is 5.71. The topological polar surface area (TPSA) is 97.0 Å². The number of nitrogens with zero attached hydrogens (tertiary/aromatic N) is 1. The molecule has 0 fully saturated rings. The van der Waals surface area contributed by atoms with Gasteiger partial charge < -0.3 is 25.0 Å². The van der Waals surface area contributed by atoms with Gasteiger partial charge in [-0.15, -0.1) is 0 Å². The van der Waals surface area contributed by atoms with Crippen molar-refractivity contribution >= 4 is 29.3 Å². The fraction of sp³-hybridized carbons (Fsp3) is 0.222. The molecule has 4 rings (SSSR count). The lowest BCUT2D eigenvalue weighted by molar-refractivity contribution is 0.0526. The molecule has 0 aliphatic carbocycles. The van der Waals surface area contributed by atoms with E-state index in [-0.39, 0.29) is 19.1 Å². The monoisotopic (exact) mass is 473 g/mol. The molecule has 2 N–H and O–H groups in total. The van der Waals surface area contributed by atoms with Crippen LogP contribution < -0.4 is 20.3 Å². The number of carbonyl (C=O) groups excluding carboxylic acids is 3. The summed E-state index contributed by atoms with van der Waals surface area (Å²) in [5.74, 6) is 0.182. The largest absolute Gasteiger partial charge is 0.497 e. The van der Waals surface area contributed by atoms with Gasteiger partial charge in [0.15, 0.2) is 0 Å². The van der Waals surface area contributed by atoms with Crippen LogP contribution in [0.4, 0.5) is 16.2 Å². The molecule has 0 atom stereocenters. The van der Waals surface area contributed by atoms with E-state index in [4.69, 9.17) is 9.47 Å². The maximum Gasteiger partial charge on any atom is 0.338 e. The number of methoxy groups -OCH3 is 1. The van der Waals surface area contributed by atoms with Gasteiger partial charge in [-0.1, -0.05) is 18.2 Å². The molecule has 0 radical (unpaired) electrons. The zero-order valence-corrected chi connectivity index (χ0v) is 19.7. The Morgan fingerprint density at radius 2 is 1.77 bits per heavy atom. The molecule has 180 valence electrons. The average molecular weight is 474 g/mol. The van der Waals surface area contributed by atoms with Gasteiger partial charge in [-0.25, -0.2) is 9.59 Å². The van der Waals surface area contributed by atoms with E-state index in [1.165, 1.54) is 0 Å². The quantitative estimate of drug-likeness (QED) is 0.496. The van der Waals surface area contributed by atoms with Crippen molar-refractivity contribution in [3.63, 3.8) is 0 Å². The molecular formula is C27H27N3O5. The van der Waals surface area contributed by atoms with Gasteiger partial charge in [0.2, 0.25) is 0 Å². The van der Waals surface area contributed by atoms with E-state index >= 15 is 0 Å². The number of esters is 1. The average Bonchev–Trinajstić information content (AvgIpc) is 3.30. The van der Waals surface area contributed by atoms with Crippen LogP contribution in [-0.2, 0) is 17.7 Å². The SMILES string of the molecule is CCOC(=O)c1cccc(NC(=O)NCc2ccc3c(c2)N(C(=O)c2ccc(OC)cc2)CC3)c1. The number of nitrogens with one attached hydrogen (secondary N) is 2. The van der Waals surface area contributed by atoms with Crippen LogP contribution >= 0.6 is 0 Å². The third-order valence-electron chi connectivity index (χ3n) is 5.71. The van der Waals surface area contributed by atoms with Crippen LogP contribution in [0.5, 0.6) is 5.75 Å². The Kier molecular flexibility index (Phi) is 7.30. The molecule has 3 aromatic carbocycles. The molecule has 0 unspecified atom stereocenters. The fourth-order valence-corrected chi connectivity index (χ4v) is 3.93. The first-order chi connectivity index (χ1) is 17.0. The summed E-state index contributed by atoms with van der Waals surface area (Å²) in [5, 5.41) is 5.54. The molecule has 0 bridgehead atoms. The number of rotatable bonds is 7. The van der Waals surface area contributed by atoms with Crippen molar-refractivity contribution in [3.8, 4) is 5.75 Å². The van der Waals surface area contributed by atoms with E-state index in [2.05, 4.69) is 10.6 Å². The molecule has 0 saturated carbocycles. The molecular weight excluding hydrogens is 446 g/mol. The molecule has 8 heteroatoms. The molecule has 1 aliphatic heterocycles. The number of ether oxygens (including phenoxy) is 2. The minimum atomic E-state index is -0.441. The zero-order valence-electron chi connectivity index (χ0n) is 19.7. The Morgan fingerprint density at radius 3 is 2.51 bits per heavy atom. The van der Waals surface area contributed by atoms with Gasteiger partial charge in [0.25, 0.3) is 5.91 Å². The maximum atomic E-state index is 13.1. The van der Waals surface area contributed by atoms with E-state index in [0.29, 0.717) is 29.1 Å². The number of amides is 3. The van der Waals surface area contributed by atoms with Crippen LogP contribution in [-0.4, -0.2) is 38.2 Å². The van der Waals surface area contributed by atoms with Gasteiger partial charge in [0.05, 0.1) is 19.3 Å². The predicted molar refractivity (Wildman–Crippen MR) is 133 cm³/mol. The van der Waals surface area contributed by atoms with Crippen molar-refractivity contribution in [2.45, 2.75) is 19.9 Å². The first kappa shape index (κ1) is 23.8. The van der Waals surface area contributed by atoms with Crippen molar-refractivity contribution in [1.29, 1.82) is 0 Å². The first-order valence-corrected chi connectivity index (χ1v) is 11.4. The van der Waals surface area contributed by atoms with Gasteiger partial charge in [-0.2, -0.15) is 0 Å². The Hall–Kier alpha value is -4.33. The molecule has 1 aliphatic rings. The molecule has 8 nitrogen and oxygen atoms in total. The van der Waals surface area contributed by atoms with Crippen LogP contribution in [0.2, 0.25) is 0 Å². The summed E-state index contributed by atoms with van der Waals surface area (Å²) in [6.45, 7) is 2.90. The number of benzene rings is 3. The predicted octanol–water partition coefficient (Wildman–Crippen LogP) is 4.40. The Labute approximate surface area is 203 Å². The molecule has 1 heterocycles. The van der Waals surface area contributed by atoms with Crippen LogP contribution in [0.1, 0.15) is 38.8 Å². The maximum absolute atomic E-state index is 13.1. The van der Waals surface area contributed by atoms with E-state index in [9.17, 15) is 14.4 Å². The number of fused-ring (bicyclic) bond motifs is 1. The summed E-state index contributed by atoms with van der Waals surface area (Å²) in [7, 11) is 1.59. The molecule has 0 aromatic heterocycles. The van der Waals surface area contributed by atoms with Crippen LogP contribution in [0, 0.1) is 0 Å². The van der Waals surface area contributed by atoms with E-state index in [1.807, 2.05) is 18.2 Å². The lowest BCUT2D eigenvalue weighted by atomic mass is 10.1. The van der Waals surface area contributed by atoms with E-state index in [1.54, 1.807) is 67.5 Å². The van der Waals surface area contributed by atoms with Crippen molar-refractivity contribution < 1.29 is 23.9 Å². The standard InChI is InChI=1S/C27H27N3O5/c1-3-35-26(32)21-5-4-6-22(16-21)29-27(33)28-17-18-7-8-19-13-14-30(24(19)15-18)25(31)20-9-11-23(34-2)12-10-20/h4-12,15-16H,3,13-14,17H2,1-2H3,(H2,28,29,33). The van der Waals surface area contributed by atoms with Crippen molar-refractivity contribution in [2.75, 3.05) is 30.5 Å². The van der Waals surface area contributed by atoms with Crippen molar-refractivity contribution in [2.24, 2.45) is 0 Å². The van der Waals surface area contributed by atoms with Gasteiger partial charge >= 0.3 is 12.0 Å². The zero-order chi connectivity index (χ0) is 24.8. The highest BCUT2D eigenvalue weighted by Crippen LogP contribution is 2.30. The highest BCUT2D eigenvalue weighted by atomic mass is 16.5. The number of anilines is 2. The summed E-state index contributed by atoms with van der Waals surface area (Å²) in [5.41, 5.74) is 4.26. The van der Waals surface area contributed by atoms with Gasteiger partial charge in [0.1, 0.15) is 5.75 Å². The number of urea groups is 1. The van der Waals surface area contributed by atoms with Crippen molar-refractivity contribution in [1.82, 2.24) is 5.32 Å². The van der Waals surface area contributed by atoms with Crippen LogP contribution in [0.15, 0.2) is 66.7 Å². The van der Waals surface area contributed by atoms with Crippen LogP contribution in [0.25, 0.3) is 0 Å². The second-order valence-corrected chi connectivity index (χ2v) is 8.01. The summed E-state index contributed by atoms with van der Waals surface area (Å²) >= 11 is 0. The third kappa shape index (κ3) is 5.60. The first-order valence-electron chi connectivity index (χ1n) is 11.4. The van der Waals surface area contributed by atoms with Gasteiger partial charge in [-0.3, -0.25) is 4.79 Å². The molecule has 0 spiro atoms. The van der Waals surface area contributed by atoms with E-state index in [0.717, 1.165) is 23.2 Å². The number of hydrogen-bond donors (Lipinski definition) is 2. The second kappa shape index (κ2) is 10.7.